The summed E-state index contributed by atoms with van der Waals surface area (Å²) in [6.07, 6.45) is 0. The first-order valence-corrected chi connectivity index (χ1v) is 6.49. The molecule has 0 amide bonds. The fourth-order valence-corrected chi connectivity index (χ4v) is 2.86. The first kappa shape index (κ1) is 12.8. The monoisotopic (exact) mass is 338 g/mol. The molecular weight excluding hydrogens is 327 g/mol. The lowest BCUT2D eigenvalue weighted by atomic mass is 10.4. The number of rotatable bonds is 4. The second-order valence-electron chi connectivity index (χ2n) is 2.73. The van der Waals surface area contributed by atoms with Crippen LogP contribution in [0.5, 0.6) is 0 Å². The van der Waals surface area contributed by atoms with E-state index in [-0.39, 0.29) is 13.2 Å². The summed E-state index contributed by atoms with van der Waals surface area (Å²) in [6, 6.07) is 8.86. The van der Waals surface area contributed by atoms with E-state index >= 15 is 0 Å². The Hall–Kier alpha value is -0.240. The van der Waals surface area contributed by atoms with Crippen LogP contribution in [0, 0.1) is 0 Å². The maximum Gasteiger partial charge on any atom is 0.0840 e. The zero-order valence-corrected chi connectivity index (χ0v) is 10.9. The van der Waals surface area contributed by atoms with Crippen molar-refractivity contribution in [2.75, 3.05) is 13.2 Å². The number of halogens is 1. The molecule has 1 atom stereocenters. The highest BCUT2D eigenvalue weighted by Crippen LogP contribution is 2.20. The van der Waals surface area contributed by atoms with Crippen LogP contribution in [0.3, 0.4) is 0 Å². The Morgan fingerprint density at radius 1 is 1.20 bits per heavy atom. The van der Waals surface area contributed by atoms with Gasteiger partial charge in [-0.1, -0.05) is 18.2 Å². The molecule has 1 aromatic rings. The average Bonchev–Trinajstić information content (AvgIpc) is 2.30. The maximum atomic E-state index is 12.0. The lowest BCUT2D eigenvalue weighted by molar-refractivity contribution is 0.325. The highest BCUT2D eigenvalue weighted by molar-refractivity contribution is 14.1. The van der Waals surface area contributed by atoms with Gasteiger partial charge in [-0.3, -0.25) is 0 Å². The molecule has 82 valence electrons. The molecule has 1 aromatic carbocycles. The van der Waals surface area contributed by atoms with E-state index in [1.807, 2.05) is 28.7 Å². The van der Waals surface area contributed by atoms with Crippen molar-refractivity contribution >= 4 is 33.4 Å². The maximum absolute atomic E-state index is 12.0. The Morgan fingerprint density at radius 3 is 2.27 bits per heavy atom. The SMILES string of the molecule is O=S(/C(CO)=C(/I)CO)c1ccccc1. The molecule has 2 N–H and O–H groups in total. The second kappa shape index (κ2) is 6.37. The van der Waals surface area contributed by atoms with Crippen LogP contribution in [0.2, 0.25) is 0 Å². The van der Waals surface area contributed by atoms with Gasteiger partial charge in [0.1, 0.15) is 0 Å². The minimum absolute atomic E-state index is 0.199. The molecular formula is C10H11IO3S. The smallest absolute Gasteiger partial charge is 0.0840 e. The van der Waals surface area contributed by atoms with Crippen LogP contribution in [-0.4, -0.2) is 27.6 Å². The highest BCUT2D eigenvalue weighted by atomic mass is 127. The van der Waals surface area contributed by atoms with E-state index < -0.39 is 10.8 Å². The fourth-order valence-electron chi connectivity index (χ4n) is 1.02. The molecule has 0 heterocycles. The summed E-state index contributed by atoms with van der Waals surface area (Å²) in [5.74, 6) is 0. The normalized spacial score (nSPS) is 14.6. The van der Waals surface area contributed by atoms with Crippen LogP contribution in [0.4, 0.5) is 0 Å². The third kappa shape index (κ3) is 3.37. The molecule has 0 aliphatic heterocycles. The number of aliphatic hydroxyl groups excluding tert-OH is 2. The van der Waals surface area contributed by atoms with E-state index in [2.05, 4.69) is 0 Å². The predicted molar refractivity (Wildman–Crippen MR) is 68.1 cm³/mol. The summed E-state index contributed by atoms with van der Waals surface area (Å²) in [7, 11) is -1.39. The van der Waals surface area contributed by atoms with Crippen molar-refractivity contribution in [1.82, 2.24) is 0 Å². The van der Waals surface area contributed by atoms with E-state index in [1.54, 1.807) is 24.3 Å². The van der Waals surface area contributed by atoms with Crippen molar-refractivity contribution < 1.29 is 14.4 Å². The molecule has 0 fully saturated rings. The fraction of sp³-hybridized carbons (Fsp3) is 0.200. The highest BCUT2D eigenvalue weighted by Gasteiger charge is 2.12. The van der Waals surface area contributed by atoms with Crippen LogP contribution >= 0.6 is 22.6 Å². The standard InChI is InChI=1S/C10H11IO3S/c11-9(6-12)10(7-13)15(14)8-4-2-1-3-5-8/h1-5,12-13H,6-7H2/b10-9+. The number of hydrogen-bond donors (Lipinski definition) is 2. The van der Waals surface area contributed by atoms with Crippen molar-refractivity contribution in [1.29, 1.82) is 0 Å². The third-order valence-electron chi connectivity index (χ3n) is 1.77. The van der Waals surface area contributed by atoms with Crippen LogP contribution in [-0.2, 0) is 10.8 Å². The first-order chi connectivity index (χ1) is 7.20. The van der Waals surface area contributed by atoms with Gasteiger partial charge in [-0.15, -0.1) is 0 Å². The van der Waals surface area contributed by atoms with Crippen LogP contribution < -0.4 is 0 Å². The molecule has 0 spiro atoms. The largest absolute Gasteiger partial charge is 0.391 e. The molecule has 1 unspecified atom stereocenters. The molecule has 0 radical (unpaired) electrons. The van der Waals surface area contributed by atoms with Crippen LogP contribution in [0.1, 0.15) is 0 Å². The zero-order chi connectivity index (χ0) is 11.3. The topological polar surface area (TPSA) is 57.5 Å². The molecule has 0 saturated carbocycles. The van der Waals surface area contributed by atoms with Crippen molar-refractivity contribution in [3.05, 3.63) is 38.8 Å². The summed E-state index contributed by atoms with van der Waals surface area (Å²) >= 11 is 1.89. The van der Waals surface area contributed by atoms with Gasteiger partial charge < -0.3 is 10.2 Å². The van der Waals surface area contributed by atoms with Gasteiger partial charge in [0, 0.05) is 8.48 Å². The second-order valence-corrected chi connectivity index (χ2v) is 5.53. The van der Waals surface area contributed by atoms with E-state index in [0.717, 1.165) is 0 Å². The average molecular weight is 338 g/mol. The Labute approximate surface area is 104 Å². The molecule has 15 heavy (non-hydrogen) atoms. The van der Waals surface area contributed by atoms with Gasteiger partial charge in [0.25, 0.3) is 0 Å². The summed E-state index contributed by atoms with van der Waals surface area (Å²) in [4.78, 5) is 0.994. The zero-order valence-electron chi connectivity index (χ0n) is 7.89. The summed E-state index contributed by atoms with van der Waals surface area (Å²) < 4.78 is 12.5. The number of hydrogen-bond acceptors (Lipinski definition) is 3. The van der Waals surface area contributed by atoms with Gasteiger partial charge in [-0.25, -0.2) is 4.21 Å². The Kier molecular flexibility index (Phi) is 5.44. The summed E-state index contributed by atoms with van der Waals surface area (Å²) in [5.41, 5.74) is 0. The molecule has 0 aliphatic carbocycles. The van der Waals surface area contributed by atoms with E-state index in [0.29, 0.717) is 13.4 Å². The van der Waals surface area contributed by atoms with Gasteiger partial charge in [0.2, 0.25) is 0 Å². The van der Waals surface area contributed by atoms with Gasteiger partial charge in [-0.05, 0) is 34.7 Å². The summed E-state index contributed by atoms with van der Waals surface area (Å²) in [5, 5.41) is 18.0. The van der Waals surface area contributed by atoms with Crippen molar-refractivity contribution in [2.24, 2.45) is 0 Å². The Balaban J connectivity index is 3.04. The van der Waals surface area contributed by atoms with Gasteiger partial charge >= 0.3 is 0 Å². The molecule has 1 rings (SSSR count). The van der Waals surface area contributed by atoms with Crippen LogP contribution in [0.15, 0.2) is 43.7 Å². The van der Waals surface area contributed by atoms with Gasteiger partial charge in [0.15, 0.2) is 0 Å². The Morgan fingerprint density at radius 2 is 1.80 bits per heavy atom. The van der Waals surface area contributed by atoms with E-state index in [9.17, 15) is 4.21 Å². The van der Waals surface area contributed by atoms with Gasteiger partial charge in [0.05, 0.1) is 28.9 Å². The minimum atomic E-state index is -1.39. The first-order valence-electron chi connectivity index (χ1n) is 4.26. The van der Waals surface area contributed by atoms with Crippen molar-refractivity contribution in [2.45, 2.75) is 4.90 Å². The molecule has 3 nitrogen and oxygen atoms in total. The molecule has 0 bridgehead atoms. The molecule has 0 aromatic heterocycles. The summed E-state index contributed by atoms with van der Waals surface area (Å²) in [6.45, 7) is -0.505. The number of benzene rings is 1. The quantitative estimate of drug-likeness (QED) is 0.817. The molecule has 5 heteroatoms. The predicted octanol–water partition coefficient (Wildman–Crippen LogP) is 1.43. The lowest BCUT2D eigenvalue weighted by Gasteiger charge is -2.06. The van der Waals surface area contributed by atoms with E-state index in [4.69, 9.17) is 10.2 Å². The van der Waals surface area contributed by atoms with E-state index in [1.165, 1.54) is 0 Å². The van der Waals surface area contributed by atoms with Crippen molar-refractivity contribution in [3.63, 3.8) is 0 Å². The minimum Gasteiger partial charge on any atom is -0.391 e. The van der Waals surface area contributed by atoms with Gasteiger partial charge in [-0.2, -0.15) is 0 Å². The van der Waals surface area contributed by atoms with Crippen LogP contribution in [0.25, 0.3) is 0 Å². The molecule has 0 saturated heterocycles. The van der Waals surface area contributed by atoms with Crippen molar-refractivity contribution in [3.8, 4) is 0 Å². The molecule has 0 aliphatic rings. The lowest BCUT2D eigenvalue weighted by Crippen LogP contribution is -2.04. The Bertz CT molecular complexity index is 376. The number of aliphatic hydroxyl groups is 2. The third-order valence-corrected chi connectivity index (χ3v) is 4.65.